The van der Waals surface area contributed by atoms with E-state index in [-0.39, 0.29) is 31.0 Å². The number of hydrogen-bond donors (Lipinski definition) is 2. The van der Waals surface area contributed by atoms with Crippen molar-refractivity contribution >= 4 is 22.7 Å². The molecule has 1 aromatic carbocycles. The second-order valence-electron chi connectivity index (χ2n) is 6.90. The Labute approximate surface area is 182 Å². The number of aliphatic hydroxyl groups is 1. The Hall–Kier alpha value is -2.24. The van der Waals surface area contributed by atoms with Crippen molar-refractivity contribution in [2.45, 2.75) is 52.0 Å². The van der Waals surface area contributed by atoms with Gasteiger partial charge in [-0.3, -0.25) is 5.32 Å². The lowest BCUT2D eigenvalue weighted by molar-refractivity contribution is -0.152. The quantitative estimate of drug-likeness (QED) is 0.314. The number of nitrogens with one attached hydrogen (secondary N) is 1. The van der Waals surface area contributed by atoms with Crippen molar-refractivity contribution in [2.75, 3.05) is 13.2 Å². The maximum Gasteiger partial charge on any atom is 0.403 e. The number of ether oxygens (including phenoxy) is 1. The Morgan fingerprint density at radius 3 is 2.68 bits per heavy atom. The largest absolute Gasteiger partial charge is 0.493 e. The second-order valence-corrected chi connectivity index (χ2v) is 7.29. The Balaban J connectivity index is 2.17. The summed E-state index contributed by atoms with van der Waals surface area (Å²) in [6.45, 7) is 4.27. The number of rotatable bonds is 10. The fourth-order valence-electron chi connectivity index (χ4n) is 2.72. The first-order chi connectivity index (χ1) is 14.5. The lowest BCUT2D eigenvalue weighted by Crippen LogP contribution is -2.40. The molecule has 1 heterocycles. The van der Waals surface area contributed by atoms with E-state index in [0.29, 0.717) is 23.3 Å². The van der Waals surface area contributed by atoms with Crippen LogP contribution in [0.25, 0.3) is 0 Å². The molecule has 2 rings (SSSR count). The van der Waals surface area contributed by atoms with Gasteiger partial charge in [0.25, 0.3) is 0 Å². The van der Waals surface area contributed by atoms with Gasteiger partial charge in [-0.2, -0.15) is 23.3 Å². The van der Waals surface area contributed by atoms with E-state index in [2.05, 4.69) is 20.4 Å². The SMILES string of the molecule is Cc1cc(OCCCO)cc(F)c1C(C)/C(Cl)=N\c1ncnn1CN[C@@H](C)C(F)(F)F. The lowest BCUT2D eigenvalue weighted by atomic mass is 9.96. The van der Waals surface area contributed by atoms with Crippen LogP contribution in [0.3, 0.4) is 0 Å². The molecule has 0 saturated carbocycles. The number of nitrogens with zero attached hydrogens (tertiary/aromatic N) is 4. The molecule has 0 spiro atoms. The van der Waals surface area contributed by atoms with Gasteiger partial charge in [-0.15, -0.1) is 0 Å². The first-order valence-corrected chi connectivity index (χ1v) is 9.88. The number of aliphatic hydroxyl groups excluding tert-OH is 1. The molecule has 1 unspecified atom stereocenters. The molecule has 2 N–H and O–H groups in total. The number of hydrogen-bond acceptors (Lipinski definition) is 6. The van der Waals surface area contributed by atoms with Crippen LogP contribution in [0.5, 0.6) is 5.75 Å². The molecular weight excluding hydrogens is 442 g/mol. The number of aromatic nitrogens is 3. The molecule has 1 aromatic heterocycles. The summed E-state index contributed by atoms with van der Waals surface area (Å²) >= 11 is 6.29. The van der Waals surface area contributed by atoms with Gasteiger partial charge in [0.1, 0.15) is 29.1 Å². The minimum Gasteiger partial charge on any atom is -0.493 e. The Bertz CT molecular complexity index is 881. The Kier molecular flexibility index (Phi) is 8.78. The molecule has 0 aliphatic carbocycles. The predicted molar refractivity (Wildman–Crippen MR) is 108 cm³/mol. The van der Waals surface area contributed by atoms with E-state index in [4.69, 9.17) is 21.4 Å². The second kappa shape index (κ2) is 10.9. The normalized spacial score (nSPS) is 14.5. The zero-order chi connectivity index (χ0) is 23.2. The van der Waals surface area contributed by atoms with Crippen LogP contribution < -0.4 is 10.1 Å². The smallest absolute Gasteiger partial charge is 0.403 e. The standard InChI is InChI=1S/C19H24ClF4N5O2/c1-11-7-14(31-6-4-5-30)8-15(21)16(11)12(2)17(20)28-18-25-9-27-29(18)10-26-13(3)19(22,23)24/h7-9,12-13,26,30H,4-6,10H2,1-3H3/b28-17+/t12?,13-/m0/s1. The zero-order valence-corrected chi connectivity index (χ0v) is 18.0. The first-order valence-electron chi connectivity index (χ1n) is 9.50. The Morgan fingerprint density at radius 2 is 2.06 bits per heavy atom. The van der Waals surface area contributed by atoms with Gasteiger partial charge in [-0.25, -0.2) is 14.1 Å². The van der Waals surface area contributed by atoms with E-state index in [1.54, 1.807) is 19.9 Å². The van der Waals surface area contributed by atoms with Gasteiger partial charge in [-0.1, -0.05) is 18.5 Å². The minimum absolute atomic E-state index is 0.00549. The number of aryl methyl sites for hydroxylation is 1. The van der Waals surface area contributed by atoms with Crippen molar-refractivity contribution in [3.8, 4) is 5.75 Å². The molecule has 2 aromatic rings. The van der Waals surface area contributed by atoms with Gasteiger partial charge >= 0.3 is 6.18 Å². The molecule has 0 aliphatic rings. The van der Waals surface area contributed by atoms with Crippen molar-refractivity contribution in [1.82, 2.24) is 20.1 Å². The summed E-state index contributed by atoms with van der Waals surface area (Å²) in [5, 5.41) is 14.9. The summed E-state index contributed by atoms with van der Waals surface area (Å²) < 4.78 is 59.2. The fraction of sp³-hybridized carbons (Fsp3) is 0.526. The van der Waals surface area contributed by atoms with E-state index >= 15 is 0 Å². The summed E-state index contributed by atoms with van der Waals surface area (Å²) in [6.07, 6.45) is -2.84. The van der Waals surface area contributed by atoms with Gasteiger partial charge in [0, 0.05) is 30.6 Å². The van der Waals surface area contributed by atoms with Crippen LogP contribution in [0, 0.1) is 12.7 Å². The molecule has 0 radical (unpaired) electrons. The highest BCUT2D eigenvalue weighted by atomic mass is 35.5. The average molecular weight is 466 g/mol. The molecule has 2 atom stereocenters. The molecule has 0 bridgehead atoms. The molecule has 0 amide bonds. The van der Waals surface area contributed by atoms with Gasteiger partial charge < -0.3 is 9.84 Å². The minimum atomic E-state index is -4.40. The molecule has 0 fully saturated rings. The summed E-state index contributed by atoms with van der Waals surface area (Å²) in [6, 6.07) is 1.13. The lowest BCUT2D eigenvalue weighted by Gasteiger charge is -2.17. The van der Waals surface area contributed by atoms with E-state index in [0.717, 1.165) is 17.9 Å². The maximum absolute atomic E-state index is 14.7. The van der Waals surface area contributed by atoms with Crippen LogP contribution in [0.2, 0.25) is 0 Å². The van der Waals surface area contributed by atoms with Gasteiger partial charge in [-0.05, 0) is 25.5 Å². The molecular formula is C19H24ClF4N5O2. The van der Waals surface area contributed by atoms with E-state index in [1.807, 2.05) is 0 Å². The summed E-state index contributed by atoms with van der Waals surface area (Å²) in [4.78, 5) is 8.02. The van der Waals surface area contributed by atoms with Crippen LogP contribution in [0.15, 0.2) is 23.5 Å². The third-order valence-corrected chi connectivity index (χ3v) is 4.92. The monoisotopic (exact) mass is 465 g/mol. The molecule has 12 heteroatoms. The van der Waals surface area contributed by atoms with Gasteiger partial charge in [0.05, 0.1) is 13.3 Å². The highest BCUT2D eigenvalue weighted by Crippen LogP contribution is 2.30. The Morgan fingerprint density at radius 1 is 1.35 bits per heavy atom. The molecule has 7 nitrogen and oxygen atoms in total. The fourth-order valence-corrected chi connectivity index (χ4v) is 2.90. The molecule has 31 heavy (non-hydrogen) atoms. The van der Waals surface area contributed by atoms with E-state index in [1.165, 1.54) is 6.07 Å². The van der Waals surface area contributed by atoms with Crippen LogP contribution in [0.4, 0.5) is 23.5 Å². The summed E-state index contributed by atoms with van der Waals surface area (Å²) in [5.41, 5.74) is 0.889. The van der Waals surface area contributed by atoms with Gasteiger partial charge in [0.2, 0.25) is 5.95 Å². The van der Waals surface area contributed by atoms with Crippen molar-refractivity contribution in [1.29, 1.82) is 0 Å². The third-order valence-electron chi connectivity index (χ3n) is 4.51. The highest BCUT2D eigenvalue weighted by molar-refractivity contribution is 6.66. The van der Waals surface area contributed by atoms with Crippen LogP contribution in [0.1, 0.15) is 37.3 Å². The number of aliphatic imine (C=N–C) groups is 1. The van der Waals surface area contributed by atoms with Gasteiger partial charge in [0.15, 0.2) is 0 Å². The predicted octanol–water partition coefficient (Wildman–Crippen LogP) is 4.06. The van der Waals surface area contributed by atoms with Crippen LogP contribution >= 0.6 is 11.6 Å². The van der Waals surface area contributed by atoms with Crippen molar-refractivity contribution in [3.05, 3.63) is 35.4 Å². The number of halogens is 5. The number of benzene rings is 1. The van der Waals surface area contributed by atoms with E-state index < -0.39 is 24.0 Å². The van der Waals surface area contributed by atoms with Crippen LogP contribution in [-0.4, -0.2) is 50.5 Å². The maximum atomic E-state index is 14.7. The van der Waals surface area contributed by atoms with Crippen molar-refractivity contribution in [2.24, 2.45) is 4.99 Å². The average Bonchev–Trinajstić information content (AvgIpc) is 3.11. The van der Waals surface area contributed by atoms with Crippen LogP contribution in [-0.2, 0) is 6.67 Å². The summed E-state index contributed by atoms with van der Waals surface area (Å²) in [7, 11) is 0. The third kappa shape index (κ3) is 6.88. The first kappa shape index (κ1) is 25.0. The molecule has 0 saturated heterocycles. The van der Waals surface area contributed by atoms with E-state index in [9.17, 15) is 17.6 Å². The molecule has 172 valence electrons. The highest BCUT2D eigenvalue weighted by Gasteiger charge is 2.35. The van der Waals surface area contributed by atoms with Crippen molar-refractivity contribution in [3.63, 3.8) is 0 Å². The molecule has 0 aliphatic heterocycles. The topological polar surface area (TPSA) is 84.6 Å². The van der Waals surface area contributed by atoms with Crippen molar-refractivity contribution < 1.29 is 27.4 Å². The zero-order valence-electron chi connectivity index (χ0n) is 17.2. The summed E-state index contributed by atoms with van der Waals surface area (Å²) in [5.74, 6) is -0.875. The number of alkyl halides is 3.